The lowest BCUT2D eigenvalue weighted by Crippen LogP contribution is -2.08. The van der Waals surface area contributed by atoms with E-state index in [4.69, 9.17) is 4.74 Å². The van der Waals surface area contributed by atoms with Crippen LogP contribution in [0.15, 0.2) is 24.4 Å². The Kier molecular flexibility index (Phi) is 4.27. The van der Waals surface area contributed by atoms with Crippen LogP contribution in [0, 0.1) is 5.82 Å². The van der Waals surface area contributed by atoms with E-state index in [-0.39, 0.29) is 17.6 Å². The van der Waals surface area contributed by atoms with E-state index in [9.17, 15) is 4.39 Å². The first-order valence-corrected chi connectivity index (χ1v) is 6.67. The lowest BCUT2D eigenvalue weighted by molar-refractivity contribution is 0.385. The number of hydrogen-bond donors (Lipinski definition) is 1. The molecule has 0 aliphatic rings. The van der Waals surface area contributed by atoms with E-state index >= 15 is 0 Å². The molecule has 108 valence electrons. The maximum Gasteiger partial charge on any atom is 0.165 e. The van der Waals surface area contributed by atoms with Crippen LogP contribution in [0.25, 0.3) is 0 Å². The van der Waals surface area contributed by atoms with Gasteiger partial charge in [0, 0.05) is 19.3 Å². The van der Waals surface area contributed by atoms with E-state index in [0.29, 0.717) is 0 Å². The van der Waals surface area contributed by atoms with Crippen LogP contribution in [0.4, 0.5) is 10.1 Å². The van der Waals surface area contributed by atoms with Gasteiger partial charge < -0.3 is 10.1 Å². The van der Waals surface area contributed by atoms with E-state index in [1.54, 1.807) is 16.8 Å². The van der Waals surface area contributed by atoms with Gasteiger partial charge in [-0.3, -0.25) is 4.68 Å². The molecular weight excluding hydrogens is 257 g/mol. The first-order chi connectivity index (χ1) is 9.55. The van der Waals surface area contributed by atoms with Crippen molar-refractivity contribution in [1.29, 1.82) is 0 Å². The van der Waals surface area contributed by atoms with Crippen LogP contribution in [0.1, 0.15) is 31.1 Å². The minimum absolute atomic E-state index is 0.0407. The van der Waals surface area contributed by atoms with Crippen LogP contribution in [0.3, 0.4) is 0 Å². The smallest absolute Gasteiger partial charge is 0.165 e. The molecule has 0 spiro atoms. The number of halogens is 1. The Morgan fingerprint density at radius 1 is 1.45 bits per heavy atom. The summed E-state index contributed by atoms with van der Waals surface area (Å²) in [6, 6.07) is 4.95. The maximum atomic E-state index is 13.4. The third-order valence-corrected chi connectivity index (χ3v) is 3.29. The van der Waals surface area contributed by atoms with Crippen LogP contribution >= 0.6 is 0 Å². The van der Waals surface area contributed by atoms with Crippen molar-refractivity contribution in [2.75, 3.05) is 12.4 Å². The molecule has 0 saturated heterocycles. The van der Waals surface area contributed by atoms with Crippen LogP contribution in [-0.2, 0) is 13.5 Å². The van der Waals surface area contributed by atoms with Crippen molar-refractivity contribution in [2.45, 2.75) is 26.3 Å². The SMILES string of the molecule is CCc1nn(C)cc1NC(C)c1ccc(F)c(OC)c1. The number of ether oxygens (including phenoxy) is 1. The largest absolute Gasteiger partial charge is 0.494 e. The number of nitrogens with one attached hydrogen (secondary N) is 1. The number of aromatic nitrogens is 2. The quantitative estimate of drug-likeness (QED) is 0.911. The first kappa shape index (κ1) is 14.4. The Labute approximate surface area is 118 Å². The van der Waals surface area contributed by atoms with Gasteiger partial charge in [-0.05, 0) is 31.0 Å². The van der Waals surface area contributed by atoms with Crippen molar-refractivity contribution in [3.63, 3.8) is 0 Å². The highest BCUT2D eigenvalue weighted by atomic mass is 19.1. The monoisotopic (exact) mass is 277 g/mol. The normalized spacial score (nSPS) is 12.2. The minimum atomic E-state index is -0.348. The molecule has 2 rings (SSSR count). The molecule has 1 unspecified atom stereocenters. The standard InChI is InChI=1S/C15H20FN3O/c1-5-13-14(9-19(3)18-13)17-10(2)11-6-7-12(16)15(8-11)20-4/h6-10,17H,5H2,1-4H3. The number of aryl methyl sites for hydroxylation is 2. The highest BCUT2D eigenvalue weighted by Gasteiger charge is 2.12. The lowest BCUT2D eigenvalue weighted by Gasteiger charge is -2.16. The first-order valence-electron chi connectivity index (χ1n) is 6.67. The lowest BCUT2D eigenvalue weighted by atomic mass is 10.1. The summed E-state index contributed by atoms with van der Waals surface area (Å²) in [5.74, 6) is -0.0860. The number of hydrogen-bond acceptors (Lipinski definition) is 3. The van der Waals surface area contributed by atoms with Gasteiger partial charge in [-0.15, -0.1) is 0 Å². The number of benzene rings is 1. The Bertz CT molecular complexity index is 595. The molecule has 5 heteroatoms. The predicted molar refractivity (Wildman–Crippen MR) is 77.6 cm³/mol. The number of nitrogens with zero attached hydrogens (tertiary/aromatic N) is 2. The van der Waals surface area contributed by atoms with Gasteiger partial charge in [0.15, 0.2) is 11.6 Å². The molecule has 1 aromatic carbocycles. The van der Waals surface area contributed by atoms with Crippen molar-refractivity contribution < 1.29 is 9.13 Å². The molecule has 4 nitrogen and oxygen atoms in total. The van der Waals surface area contributed by atoms with Crippen molar-refractivity contribution in [1.82, 2.24) is 9.78 Å². The highest BCUT2D eigenvalue weighted by Crippen LogP contribution is 2.26. The van der Waals surface area contributed by atoms with E-state index in [0.717, 1.165) is 23.4 Å². The van der Waals surface area contributed by atoms with Crippen LogP contribution < -0.4 is 10.1 Å². The van der Waals surface area contributed by atoms with Gasteiger partial charge in [-0.25, -0.2) is 4.39 Å². The molecule has 20 heavy (non-hydrogen) atoms. The third kappa shape index (κ3) is 2.92. The molecular formula is C15H20FN3O. The zero-order chi connectivity index (χ0) is 14.7. The number of methoxy groups -OCH3 is 1. The molecule has 1 aromatic heterocycles. The molecule has 0 bridgehead atoms. The average Bonchev–Trinajstić information content (AvgIpc) is 2.79. The molecule has 2 aromatic rings. The van der Waals surface area contributed by atoms with Crippen molar-refractivity contribution in [3.8, 4) is 5.75 Å². The van der Waals surface area contributed by atoms with Gasteiger partial charge >= 0.3 is 0 Å². The van der Waals surface area contributed by atoms with Gasteiger partial charge in [0.2, 0.25) is 0 Å². The van der Waals surface area contributed by atoms with Gasteiger partial charge in [0.05, 0.1) is 18.5 Å². The van der Waals surface area contributed by atoms with Gasteiger partial charge in [-0.2, -0.15) is 5.10 Å². The fourth-order valence-corrected chi connectivity index (χ4v) is 2.18. The Morgan fingerprint density at radius 3 is 2.85 bits per heavy atom. The zero-order valence-corrected chi connectivity index (χ0v) is 12.3. The van der Waals surface area contributed by atoms with Crippen molar-refractivity contribution in [2.24, 2.45) is 7.05 Å². The molecule has 0 aliphatic carbocycles. The summed E-state index contributed by atoms with van der Waals surface area (Å²) in [5.41, 5.74) is 2.99. The second kappa shape index (κ2) is 5.94. The van der Waals surface area contributed by atoms with Crippen molar-refractivity contribution in [3.05, 3.63) is 41.5 Å². The fraction of sp³-hybridized carbons (Fsp3) is 0.400. The number of rotatable bonds is 5. The summed E-state index contributed by atoms with van der Waals surface area (Å²) in [6.45, 7) is 4.10. The summed E-state index contributed by atoms with van der Waals surface area (Å²) >= 11 is 0. The number of anilines is 1. The van der Waals surface area contributed by atoms with Crippen molar-refractivity contribution >= 4 is 5.69 Å². The van der Waals surface area contributed by atoms with E-state index in [1.807, 2.05) is 20.2 Å². The Morgan fingerprint density at radius 2 is 2.20 bits per heavy atom. The molecule has 1 N–H and O–H groups in total. The van der Waals surface area contributed by atoms with Crippen LogP contribution in [-0.4, -0.2) is 16.9 Å². The van der Waals surface area contributed by atoms with E-state index in [2.05, 4.69) is 17.3 Å². The summed E-state index contributed by atoms with van der Waals surface area (Å²) < 4.78 is 20.2. The zero-order valence-electron chi connectivity index (χ0n) is 12.3. The highest BCUT2D eigenvalue weighted by molar-refractivity contribution is 5.49. The van der Waals surface area contributed by atoms with Gasteiger partial charge in [0.1, 0.15) is 0 Å². The van der Waals surface area contributed by atoms with Gasteiger partial charge in [-0.1, -0.05) is 13.0 Å². The molecule has 1 heterocycles. The summed E-state index contributed by atoms with van der Waals surface area (Å²) in [5, 5.41) is 7.80. The molecule has 0 amide bonds. The summed E-state index contributed by atoms with van der Waals surface area (Å²) in [4.78, 5) is 0. The summed E-state index contributed by atoms with van der Waals surface area (Å²) in [7, 11) is 3.37. The second-order valence-electron chi connectivity index (χ2n) is 4.78. The topological polar surface area (TPSA) is 39.1 Å². The molecule has 1 atom stereocenters. The molecule has 0 fully saturated rings. The molecule has 0 saturated carbocycles. The second-order valence-corrected chi connectivity index (χ2v) is 4.78. The van der Waals surface area contributed by atoms with Crippen LogP contribution in [0.5, 0.6) is 5.75 Å². The molecule has 0 aliphatic heterocycles. The van der Waals surface area contributed by atoms with E-state index < -0.39 is 0 Å². The Hall–Kier alpha value is -2.04. The van der Waals surface area contributed by atoms with E-state index in [1.165, 1.54) is 13.2 Å². The maximum absolute atomic E-state index is 13.4. The minimum Gasteiger partial charge on any atom is -0.494 e. The molecule has 0 radical (unpaired) electrons. The fourth-order valence-electron chi connectivity index (χ4n) is 2.18. The van der Waals surface area contributed by atoms with Gasteiger partial charge in [0.25, 0.3) is 0 Å². The Balaban J connectivity index is 2.21. The average molecular weight is 277 g/mol. The third-order valence-electron chi connectivity index (χ3n) is 3.29. The van der Waals surface area contributed by atoms with Crippen LogP contribution in [0.2, 0.25) is 0 Å². The predicted octanol–water partition coefficient (Wildman–Crippen LogP) is 3.30. The summed E-state index contributed by atoms with van der Waals surface area (Å²) in [6.07, 6.45) is 2.82.